The van der Waals surface area contributed by atoms with Crippen molar-refractivity contribution in [2.75, 3.05) is 26.8 Å². The third-order valence-electron chi connectivity index (χ3n) is 6.84. The highest BCUT2D eigenvalue weighted by atomic mass is 32.2. The summed E-state index contributed by atoms with van der Waals surface area (Å²) < 4.78 is 72.2. The number of methoxy groups -OCH3 is 1. The summed E-state index contributed by atoms with van der Waals surface area (Å²) in [6.07, 6.45) is -0.423. The van der Waals surface area contributed by atoms with E-state index < -0.39 is 44.6 Å². The van der Waals surface area contributed by atoms with Crippen LogP contribution in [0.25, 0.3) is 0 Å². The zero-order valence-corrected chi connectivity index (χ0v) is 22.7. The number of carbonyl (C=O) groups is 2. The number of sulfonamides is 1. The number of benzene rings is 3. The molecule has 0 saturated carbocycles. The van der Waals surface area contributed by atoms with Crippen LogP contribution in [-0.2, 0) is 21.4 Å². The van der Waals surface area contributed by atoms with Crippen molar-refractivity contribution in [3.05, 3.63) is 83.4 Å². The Morgan fingerprint density at radius 3 is 2.51 bits per heavy atom. The summed E-state index contributed by atoms with van der Waals surface area (Å²) in [6.45, 7) is -0.233. The fraction of sp³-hybridized carbons (Fsp3) is 0.286. The molecule has 4 bridgehead atoms. The van der Waals surface area contributed by atoms with Gasteiger partial charge in [-0.3, -0.25) is 9.59 Å². The van der Waals surface area contributed by atoms with Crippen LogP contribution in [0.3, 0.4) is 0 Å². The van der Waals surface area contributed by atoms with Crippen molar-refractivity contribution in [3.63, 3.8) is 0 Å². The van der Waals surface area contributed by atoms with Gasteiger partial charge in [-0.25, -0.2) is 17.2 Å². The molecule has 3 aliphatic rings. The molecule has 0 spiro atoms. The van der Waals surface area contributed by atoms with Gasteiger partial charge in [-0.05, 0) is 54.1 Å². The van der Waals surface area contributed by atoms with E-state index in [9.17, 15) is 26.8 Å². The summed E-state index contributed by atoms with van der Waals surface area (Å²) in [7, 11) is -2.79. The Bertz CT molecular complexity index is 1570. The van der Waals surface area contributed by atoms with E-state index in [0.717, 1.165) is 22.0 Å². The molecule has 6 rings (SSSR count). The van der Waals surface area contributed by atoms with Crippen molar-refractivity contribution in [3.8, 4) is 17.2 Å². The van der Waals surface area contributed by atoms with Crippen LogP contribution in [0.5, 0.6) is 17.2 Å². The van der Waals surface area contributed by atoms with Crippen LogP contribution in [-0.4, -0.2) is 63.5 Å². The molecule has 3 aromatic carbocycles. The molecule has 0 radical (unpaired) electrons. The fourth-order valence-corrected chi connectivity index (χ4v) is 6.12. The second kappa shape index (κ2) is 11.7. The average molecular weight is 588 g/mol. The molecule has 2 atom stereocenters. The molecule has 1 saturated heterocycles. The predicted molar refractivity (Wildman–Crippen MR) is 142 cm³/mol. The summed E-state index contributed by atoms with van der Waals surface area (Å²) in [5, 5.41) is 5.61. The van der Waals surface area contributed by atoms with Crippen molar-refractivity contribution in [2.45, 2.75) is 30.0 Å². The Balaban J connectivity index is 1.47. The first-order valence-corrected chi connectivity index (χ1v) is 14.2. The van der Waals surface area contributed by atoms with Gasteiger partial charge in [-0.15, -0.1) is 0 Å². The number of halogens is 2. The monoisotopic (exact) mass is 587 g/mol. The number of hydrogen-bond donors (Lipinski definition) is 2. The molecule has 13 heteroatoms. The maximum absolute atomic E-state index is 13.9. The second-order valence-corrected chi connectivity index (χ2v) is 11.5. The van der Waals surface area contributed by atoms with E-state index >= 15 is 0 Å². The lowest BCUT2D eigenvalue weighted by Crippen LogP contribution is -2.58. The summed E-state index contributed by atoms with van der Waals surface area (Å²) in [6, 6.07) is 13.0. The van der Waals surface area contributed by atoms with Crippen molar-refractivity contribution in [1.82, 2.24) is 14.9 Å². The van der Waals surface area contributed by atoms with E-state index in [2.05, 4.69) is 10.6 Å². The zero-order valence-electron chi connectivity index (χ0n) is 21.9. The van der Waals surface area contributed by atoms with Gasteiger partial charge in [0.05, 0.1) is 18.0 Å². The Kier molecular flexibility index (Phi) is 8.08. The number of ether oxygens (including phenoxy) is 3. The average Bonchev–Trinajstić information content (AvgIpc) is 2.97. The van der Waals surface area contributed by atoms with Crippen molar-refractivity contribution >= 4 is 21.8 Å². The van der Waals surface area contributed by atoms with Crippen LogP contribution in [0.2, 0.25) is 0 Å². The molecule has 3 heterocycles. The lowest BCUT2D eigenvalue weighted by Gasteiger charge is -2.38. The van der Waals surface area contributed by atoms with Crippen LogP contribution < -0.4 is 24.8 Å². The number of piperidine rings is 1. The molecule has 0 aliphatic carbocycles. The highest BCUT2D eigenvalue weighted by Crippen LogP contribution is 2.29. The number of hydrogen-bond acceptors (Lipinski definition) is 7. The van der Waals surface area contributed by atoms with Gasteiger partial charge in [0, 0.05) is 31.6 Å². The number of carbonyl (C=O) groups excluding carboxylic acids is 2. The first-order chi connectivity index (χ1) is 19.6. The molecule has 216 valence electrons. The lowest BCUT2D eigenvalue weighted by molar-refractivity contribution is -0.123. The van der Waals surface area contributed by atoms with Gasteiger partial charge in [0.25, 0.3) is 11.8 Å². The van der Waals surface area contributed by atoms with Crippen LogP contribution >= 0.6 is 0 Å². The van der Waals surface area contributed by atoms with Crippen LogP contribution in [0, 0.1) is 11.6 Å². The van der Waals surface area contributed by atoms with Gasteiger partial charge in [-0.1, -0.05) is 12.1 Å². The maximum Gasteiger partial charge on any atom is 0.258 e. The van der Waals surface area contributed by atoms with Gasteiger partial charge in [-0.2, -0.15) is 4.31 Å². The normalized spacial score (nSPS) is 20.1. The Morgan fingerprint density at radius 1 is 1.00 bits per heavy atom. The van der Waals surface area contributed by atoms with E-state index in [1.165, 1.54) is 25.3 Å². The smallest absolute Gasteiger partial charge is 0.258 e. The number of amides is 2. The number of rotatable bonds is 3. The third-order valence-corrected chi connectivity index (χ3v) is 8.70. The molecule has 10 nitrogen and oxygen atoms in total. The van der Waals surface area contributed by atoms with Gasteiger partial charge >= 0.3 is 0 Å². The number of fused-ring (bicyclic) bond motifs is 7. The molecular formula is C28H27F2N3O7S. The summed E-state index contributed by atoms with van der Waals surface area (Å²) >= 11 is 0. The lowest BCUT2D eigenvalue weighted by atomic mass is 10.0. The van der Waals surface area contributed by atoms with E-state index in [0.29, 0.717) is 17.6 Å². The number of nitrogens with zero attached hydrogens (tertiary/aromatic N) is 1. The molecule has 2 N–H and O–H groups in total. The SMILES string of the molecule is COc1ccc2cc1OCC(=O)NCc1ccc(cc1)O[C@@H]1CCN(S(=O)(=O)c3ccc(F)c(F)c3)C[C@@H]1NC2=O. The molecular weight excluding hydrogens is 560 g/mol. The molecule has 0 unspecified atom stereocenters. The minimum absolute atomic E-state index is 0.0169. The van der Waals surface area contributed by atoms with Crippen LogP contribution in [0.15, 0.2) is 65.6 Å². The Hall–Kier alpha value is -4.23. The van der Waals surface area contributed by atoms with Crippen molar-refractivity contribution in [2.24, 2.45) is 0 Å². The van der Waals surface area contributed by atoms with Gasteiger partial charge < -0.3 is 24.8 Å². The van der Waals surface area contributed by atoms with Gasteiger partial charge in [0.15, 0.2) is 29.7 Å². The summed E-state index contributed by atoms with van der Waals surface area (Å²) in [5.41, 5.74) is 0.987. The number of nitrogens with one attached hydrogen (secondary N) is 2. The first-order valence-electron chi connectivity index (χ1n) is 12.7. The van der Waals surface area contributed by atoms with Gasteiger partial charge in [0.1, 0.15) is 11.9 Å². The maximum atomic E-state index is 13.9. The molecule has 0 aromatic heterocycles. The minimum atomic E-state index is -4.22. The predicted octanol–water partition coefficient (Wildman–Crippen LogP) is 2.62. The van der Waals surface area contributed by atoms with Crippen molar-refractivity contribution < 1.29 is 41.0 Å². The Labute approximate surface area is 235 Å². The minimum Gasteiger partial charge on any atom is -0.493 e. The topological polar surface area (TPSA) is 123 Å². The molecule has 3 aliphatic heterocycles. The van der Waals surface area contributed by atoms with E-state index in [1.807, 2.05) is 0 Å². The molecule has 41 heavy (non-hydrogen) atoms. The second-order valence-electron chi connectivity index (χ2n) is 9.54. The van der Waals surface area contributed by atoms with E-state index in [-0.39, 0.29) is 49.9 Å². The fourth-order valence-electron chi connectivity index (χ4n) is 4.62. The highest BCUT2D eigenvalue weighted by molar-refractivity contribution is 7.89. The third kappa shape index (κ3) is 6.25. The Morgan fingerprint density at radius 2 is 1.78 bits per heavy atom. The molecule has 2 amide bonds. The van der Waals surface area contributed by atoms with Crippen molar-refractivity contribution in [1.29, 1.82) is 0 Å². The largest absolute Gasteiger partial charge is 0.493 e. The molecule has 1 fully saturated rings. The summed E-state index contributed by atoms with van der Waals surface area (Å²) in [5.74, 6) is -2.40. The highest BCUT2D eigenvalue weighted by Gasteiger charge is 2.38. The van der Waals surface area contributed by atoms with E-state index in [1.54, 1.807) is 24.3 Å². The van der Waals surface area contributed by atoms with Crippen LogP contribution in [0.1, 0.15) is 22.3 Å². The summed E-state index contributed by atoms with van der Waals surface area (Å²) in [4.78, 5) is 25.3. The molecule has 3 aromatic rings. The van der Waals surface area contributed by atoms with E-state index in [4.69, 9.17) is 14.2 Å². The zero-order chi connectivity index (χ0) is 29.1. The quantitative estimate of drug-likeness (QED) is 0.483. The van der Waals surface area contributed by atoms with Crippen LogP contribution in [0.4, 0.5) is 8.78 Å². The van der Waals surface area contributed by atoms with Gasteiger partial charge in [0.2, 0.25) is 10.0 Å². The first kappa shape index (κ1) is 28.3. The standard InChI is InChI=1S/C28H27F2N3O7S/c1-38-25-9-4-18-12-26(25)39-16-27(34)31-14-17-2-5-19(6-3-17)40-24-10-11-33(15-23(24)32-28(18)35)41(36,37)20-7-8-21(29)22(30)13-20/h2-9,12-13,23-24H,10-11,14-16H2,1H3,(H,31,34)(H,32,35)/t23-,24+/m0/s1.